The zero-order valence-corrected chi connectivity index (χ0v) is 9.24. The van der Waals surface area contributed by atoms with Crippen LogP contribution in [0.5, 0.6) is 0 Å². The van der Waals surface area contributed by atoms with E-state index in [0.717, 1.165) is 4.90 Å². The number of pyridine rings is 1. The second-order valence-corrected chi connectivity index (χ2v) is 4.27. The van der Waals surface area contributed by atoms with E-state index in [1.165, 1.54) is 37.9 Å². The summed E-state index contributed by atoms with van der Waals surface area (Å²) in [5.41, 5.74) is -0.000602. The van der Waals surface area contributed by atoms with Crippen molar-refractivity contribution in [3.63, 3.8) is 0 Å². The SMILES string of the molecule is CSc1cncc(C(F)(F)C(C)C)c1. The van der Waals surface area contributed by atoms with E-state index in [4.69, 9.17) is 0 Å². The summed E-state index contributed by atoms with van der Waals surface area (Å²) in [5.74, 6) is -3.50. The topological polar surface area (TPSA) is 12.9 Å². The lowest BCUT2D eigenvalue weighted by Crippen LogP contribution is -2.21. The van der Waals surface area contributed by atoms with Crippen molar-refractivity contribution in [2.75, 3.05) is 6.26 Å². The molecule has 14 heavy (non-hydrogen) atoms. The van der Waals surface area contributed by atoms with E-state index in [0.29, 0.717) is 0 Å². The van der Waals surface area contributed by atoms with Crippen LogP contribution in [0.25, 0.3) is 0 Å². The van der Waals surface area contributed by atoms with Crippen LogP contribution in [-0.4, -0.2) is 11.2 Å². The molecule has 4 heteroatoms. The molecule has 0 unspecified atom stereocenters. The van der Waals surface area contributed by atoms with Crippen LogP contribution < -0.4 is 0 Å². The van der Waals surface area contributed by atoms with Gasteiger partial charge in [-0.25, -0.2) is 8.78 Å². The van der Waals surface area contributed by atoms with Gasteiger partial charge in [-0.15, -0.1) is 11.8 Å². The predicted molar refractivity (Wildman–Crippen MR) is 54.8 cm³/mol. The number of thioether (sulfide) groups is 1. The van der Waals surface area contributed by atoms with Crippen molar-refractivity contribution in [1.29, 1.82) is 0 Å². The highest BCUT2D eigenvalue weighted by molar-refractivity contribution is 7.98. The molecule has 1 heterocycles. The molecule has 0 aliphatic heterocycles. The highest BCUT2D eigenvalue weighted by atomic mass is 32.2. The third kappa shape index (κ3) is 2.23. The Morgan fingerprint density at radius 3 is 2.50 bits per heavy atom. The van der Waals surface area contributed by atoms with Gasteiger partial charge >= 0.3 is 0 Å². The number of alkyl halides is 2. The summed E-state index contributed by atoms with van der Waals surface area (Å²) in [7, 11) is 0. The van der Waals surface area contributed by atoms with Gasteiger partial charge in [0.1, 0.15) is 0 Å². The predicted octanol–water partition coefficient (Wildman–Crippen LogP) is 3.55. The molecule has 1 nitrogen and oxygen atoms in total. The second-order valence-electron chi connectivity index (χ2n) is 3.39. The zero-order chi connectivity index (χ0) is 10.8. The molecule has 78 valence electrons. The van der Waals surface area contributed by atoms with Crippen molar-refractivity contribution in [2.45, 2.75) is 24.7 Å². The maximum absolute atomic E-state index is 13.5. The lowest BCUT2D eigenvalue weighted by Gasteiger charge is -2.20. The Kier molecular flexibility index (Phi) is 3.48. The first-order valence-electron chi connectivity index (χ1n) is 4.35. The average Bonchev–Trinajstić information content (AvgIpc) is 2.17. The van der Waals surface area contributed by atoms with Crippen molar-refractivity contribution < 1.29 is 8.78 Å². The molecule has 0 N–H and O–H groups in total. The molecule has 0 aromatic carbocycles. The highest BCUT2D eigenvalue weighted by Gasteiger charge is 2.35. The second kappa shape index (κ2) is 4.26. The fraction of sp³-hybridized carbons (Fsp3) is 0.500. The van der Waals surface area contributed by atoms with Gasteiger partial charge in [0.05, 0.1) is 0 Å². The van der Waals surface area contributed by atoms with Crippen LogP contribution in [0.3, 0.4) is 0 Å². The van der Waals surface area contributed by atoms with E-state index in [2.05, 4.69) is 4.98 Å². The quantitative estimate of drug-likeness (QED) is 0.718. The van der Waals surface area contributed by atoms with Crippen molar-refractivity contribution in [3.8, 4) is 0 Å². The van der Waals surface area contributed by atoms with Gasteiger partial charge in [-0.2, -0.15) is 0 Å². The molecule has 0 aliphatic carbocycles. The first-order chi connectivity index (χ1) is 6.48. The van der Waals surface area contributed by atoms with Gasteiger partial charge in [0.15, 0.2) is 0 Å². The standard InChI is InChI=1S/C10H13F2NS/c1-7(2)10(11,12)8-4-9(14-3)6-13-5-8/h4-7H,1-3H3. The molecule has 0 saturated heterocycles. The van der Waals surface area contributed by atoms with Crippen LogP contribution in [0.1, 0.15) is 19.4 Å². The van der Waals surface area contributed by atoms with Crippen LogP contribution in [0.2, 0.25) is 0 Å². The molecule has 0 amide bonds. The minimum absolute atomic E-state index is 0.000602. The molecule has 0 fully saturated rings. The first kappa shape index (κ1) is 11.4. The maximum atomic E-state index is 13.5. The first-order valence-corrected chi connectivity index (χ1v) is 5.58. The Morgan fingerprint density at radius 2 is 2.00 bits per heavy atom. The number of hydrogen-bond donors (Lipinski definition) is 0. The molecule has 1 aromatic heterocycles. The molecule has 0 saturated carbocycles. The fourth-order valence-electron chi connectivity index (χ4n) is 1.05. The van der Waals surface area contributed by atoms with E-state index >= 15 is 0 Å². The number of halogens is 2. The third-order valence-corrected chi connectivity index (χ3v) is 2.75. The normalized spacial score (nSPS) is 12.1. The van der Waals surface area contributed by atoms with Crippen LogP contribution >= 0.6 is 11.8 Å². The fourth-order valence-corrected chi connectivity index (χ4v) is 1.46. The molecule has 0 spiro atoms. The lowest BCUT2D eigenvalue weighted by molar-refractivity contribution is -0.0518. The summed E-state index contributed by atoms with van der Waals surface area (Å²) >= 11 is 1.41. The zero-order valence-electron chi connectivity index (χ0n) is 8.42. The van der Waals surface area contributed by atoms with Gasteiger partial charge in [0.2, 0.25) is 0 Å². The summed E-state index contributed by atoms with van der Waals surface area (Å²) in [6.07, 6.45) is 4.67. The monoisotopic (exact) mass is 217 g/mol. The Morgan fingerprint density at radius 1 is 1.36 bits per heavy atom. The van der Waals surface area contributed by atoms with Gasteiger partial charge < -0.3 is 0 Å². The highest BCUT2D eigenvalue weighted by Crippen LogP contribution is 2.36. The summed E-state index contributed by atoms with van der Waals surface area (Å²) in [4.78, 5) is 4.57. The molecule has 1 rings (SSSR count). The summed E-state index contributed by atoms with van der Waals surface area (Å²) in [6, 6.07) is 1.50. The van der Waals surface area contributed by atoms with Crippen molar-refractivity contribution in [2.24, 2.45) is 5.92 Å². The average molecular weight is 217 g/mol. The molecule has 0 aliphatic rings. The van der Waals surface area contributed by atoms with Crippen LogP contribution in [-0.2, 0) is 5.92 Å². The van der Waals surface area contributed by atoms with E-state index in [1.54, 1.807) is 6.20 Å². The smallest absolute Gasteiger partial charge is 0.263 e. The van der Waals surface area contributed by atoms with Crippen LogP contribution in [0.15, 0.2) is 23.4 Å². The van der Waals surface area contributed by atoms with Gasteiger partial charge in [0.25, 0.3) is 5.92 Å². The molecule has 0 atom stereocenters. The van der Waals surface area contributed by atoms with Crippen LogP contribution in [0.4, 0.5) is 8.78 Å². The largest absolute Gasteiger partial charge is 0.277 e. The van der Waals surface area contributed by atoms with E-state index in [9.17, 15) is 8.78 Å². The lowest BCUT2D eigenvalue weighted by atomic mass is 10.00. The Labute approximate surface area is 86.9 Å². The van der Waals surface area contributed by atoms with Gasteiger partial charge in [-0.3, -0.25) is 4.98 Å². The van der Waals surface area contributed by atoms with Crippen molar-refractivity contribution in [3.05, 3.63) is 24.0 Å². The van der Waals surface area contributed by atoms with Gasteiger partial charge in [-0.1, -0.05) is 13.8 Å². The third-order valence-electron chi connectivity index (χ3n) is 2.06. The minimum Gasteiger partial charge on any atom is -0.263 e. The number of nitrogens with zero attached hydrogens (tertiary/aromatic N) is 1. The van der Waals surface area contributed by atoms with Gasteiger partial charge in [-0.05, 0) is 12.3 Å². The molecule has 1 aromatic rings. The van der Waals surface area contributed by atoms with E-state index in [-0.39, 0.29) is 5.56 Å². The van der Waals surface area contributed by atoms with E-state index < -0.39 is 11.8 Å². The summed E-state index contributed by atoms with van der Waals surface area (Å²) < 4.78 is 27.1. The Bertz CT molecular complexity index is 313. The van der Waals surface area contributed by atoms with Crippen molar-refractivity contribution in [1.82, 2.24) is 4.98 Å². The van der Waals surface area contributed by atoms with E-state index in [1.807, 2.05) is 6.26 Å². The number of aromatic nitrogens is 1. The van der Waals surface area contributed by atoms with Crippen LogP contribution in [0, 0.1) is 5.92 Å². The van der Waals surface area contributed by atoms with Gasteiger partial charge in [0, 0.05) is 28.8 Å². The van der Waals surface area contributed by atoms with Crippen molar-refractivity contribution >= 4 is 11.8 Å². The summed E-state index contributed by atoms with van der Waals surface area (Å²) in [6.45, 7) is 3.01. The molecular weight excluding hydrogens is 204 g/mol. The minimum atomic E-state index is -2.79. The Hall–Kier alpha value is -0.640. The number of rotatable bonds is 3. The molecule has 0 radical (unpaired) electrons. The maximum Gasteiger partial charge on any atom is 0.277 e. The number of hydrogen-bond acceptors (Lipinski definition) is 2. The molecular formula is C10H13F2NS. The summed E-state index contributed by atoms with van der Waals surface area (Å²) in [5, 5.41) is 0. The molecule has 0 bridgehead atoms. The Balaban J connectivity index is 3.06.